The number of hydrogen-bond acceptors (Lipinski definition) is 7. The maximum atomic E-state index is 12.6. The zero-order chi connectivity index (χ0) is 23.9. The molecule has 0 fully saturated rings. The van der Waals surface area contributed by atoms with Crippen LogP contribution in [0.4, 0.5) is 0 Å². The first kappa shape index (κ1) is 23.6. The molecule has 0 unspecified atom stereocenters. The van der Waals surface area contributed by atoms with E-state index in [2.05, 4.69) is 27.5 Å². The van der Waals surface area contributed by atoms with Crippen LogP contribution < -0.4 is 4.84 Å². The molecule has 0 aliphatic rings. The van der Waals surface area contributed by atoms with E-state index in [1.54, 1.807) is 4.73 Å². The van der Waals surface area contributed by atoms with E-state index < -0.39 is 0 Å². The molecule has 0 bridgehead atoms. The lowest BCUT2D eigenvalue weighted by atomic mass is 9.99. The molecule has 4 aromatic rings. The molecule has 0 amide bonds. The first-order chi connectivity index (χ1) is 16.6. The number of nitrogens with one attached hydrogen (secondary N) is 1. The molecule has 2 aromatic heterocycles. The summed E-state index contributed by atoms with van der Waals surface area (Å²) in [6.07, 6.45) is 5.82. The van der Waals surface area contributed by atoms with Gasteiger partial charge in [-0.15, -0.1) is 10.2 Å². The second-order valence-electron chi connectivity index (χ2n) is 8.67. The van der Waals surface area contributed by atoms with Crippen LogP contribution in [0, 0.1) is 0 Å². The van der Waals surface area contributed by atoms with Gasteiger partial charge in [0.2, 0.25) is 5.82 Å². The van der Waals surface area contributed by atoms with Crippen LogP contribution in [0.3, 0.4) is 0 Å². The highest BCUT2D eigenvalue weighted by Gasteiger charge is 2.18. The third-order valence-corrected chi connectivity index (χ3v) is 5.64. The summed E-state index contributed by atoms with van der Waals surface area (Å²) in [6.45, 7) is 2.73. The topological polar surface area (TPSA) is 102 Å². The van der Waals surface area contributed by atoms with Crippen LogP contribution in [-0.2, 0) is 11.3 Å². The molecule has 0 atom stereocenters. The molecular formula is C25H31N7O2. The number of nitrogens with zero attached hydrogens (tertiary/aromatic N) is 6. The molecule has 4 rings (SSSR count). The smallest absolute Gasteiger partial charge is 0.332 e. The lowest BCUT2D eigenvalue weighted by molar-refractivity contribution is -0.144. The molecule has 0 spiro atoms. The summed E-state index contributed by atoms with van der Waals surface area (Å²) in [4.78, 5) is 25.2. The number of rotatable bonds is 11. The predicted molar refractivity (Wildman–Crippen MR) is 131 cm³/mol. The van der Waals surface area contributed by atoms with Crippen molar-refractivity contribution in [3.63, 3.8) is 0 Å². The van der Waals surface area contributed by atoms with Gasteiger partial charge in [0.15, 0.2) is 5.82 Å². The Bertz CT molecular complexity index is 1230. The van der Waals surface area contributed by atoms with Gasteiger partial charge < -0.3 is 9.74 Å². The second kappa shape index (κ2) is 11.0. The number of benzene rings is 2. The second-order valence-corrected chi connectivity index (χ2v) is 8.67. The van der Waals surface area contributed by atoms with Crippen molar-refractivity contribution in [2.45, 2.75) is 52.0 Å². The molecule has 0 aliphatic carbocycles. The molecule has 0 aliphatic heterocycles. The summed E-state index contributed by atoms with van der Waals surface area (Å²) < 4.78 is 1.58. The van der Waals surface area contributed by atoms with Gasteiger partial charge in [-0.05, 0) is 49.0 Å². The van der Waals surface area contributed by atoms with E-state index in [0.29, 0.717) is 24.6 Å². The van der Waals surface area contributed by atoms with Crippen molar-refractivity contribution >= 4 is 17.0 Å². The van der Waals surface area contributed by atoms with E-state index in [4.69, 9.17) is 9.82 Å². The van der Waals surface area contributed by atoms with Gasteiger partial charge in [-0.3, -0.25) is 0 Å². The minimum Gasteiger partial charge on any atom is -0.335 e. The first-order valence-electron chi connectivity index (χ1n) is 11.8. The minimum atomic E-state index is -0.234. The standard InChI is InChI=1S/C25H31N7O2/c1-4-5-6-7-8-13-24(33)34-32-22-15-14-18(16-21(22)26-23(32)17-31(2)3)19-11-9-10-12-20(19)25-27-29-30-28-25/h9-12,14-16H,4-8,13,17H2,1-3H3,(H,27,28,29,30). The zero-order valence-electron chi connectivity index (χ0n) is 20.0. The zero-order valence-corrected chi connectivity index (χ0v) is 20.0. The van der Waals surface area contributed by atoms with Gasteiger partial charge in [-0.25, -0.2) is 9.78 Å². The molecule has 34 heavy (non-hydrogen) atoms. The number of carbonyl (C=O) groups is 1. The Balaban J connectivity index is 1.63. The van der Waals surface area contributed by atoms with E-state index in [0.717, 1.165) is 47.0 Å². The van der Waals surface area contributed by atoms with Crippen LogP contribution in [-0.4, -0.2) is 55.3 Å². The molecule has 9 nitrogen and oxygen atoms in total. The van der Waals surface area contributed by atoms with E-state index >= 15 is 0 Å². The van der Waals surface area contributed by atoms with Crippen LogP contribution in [0.15, 0.2) is 42.5 Å². The largest absolute Gasteiger partial charge is 0.335 e. The molecular weight excluding hydrogens is 430 g/mol. The number of fused-ring (bicyclic) bond motifs is 1. The van der Waals surface area contributed by atoms with Crippen LogP contribution in [0.5, 0.6) is 0 Å². The van der Waals surface area contributed by atoms with Crippen molar-refractivity contribution in [2.24, 2.45) is 0 Å². The number of hydrogen-bond donors (Lipinski definition) is 1. The Kier molecular flexibility index (Phi) is 7.64. The van der Waals surface area contributed by atoms with Crippen molar-refractivity contribution in [2.75, 3.05) is 14.1 Å². The average molecular weight is 462 g/mol. The highest BCUT2D eigenvalue weighted by atomic mass is 16.7. The number of tetrazole rings is 1. The number of H-pyrrole nitrogens is 1. The molecule has 0 saturated carbocycles. The van der Waals surface area contributed by atoms with E-state index in [1.807, 2.05) is 61.5 Å². The van der Waals surface area contributed by atoms with Crippen molar-refractivity contribution in [3.8, 4) is 22.5 Å². The fraction of sp³-hybridized carbons (Fsp3) is 0.400. The third kappa shape index (κ3) is 5.48. The van der Waals surface area contributed by atoms with Gasteiger partial charge in [-0.1, -0.05) is 62.9 Å². The molecule has 0 radical (unpaired) electrons. The van der Waals surface area contributed by atoms with Crippen molar-refractivity contribution in [1.29, 1.82) is 0 Å². The number of carbonyl (C=O) groups excluding carboxylic acids is 1. The number of imidazole rings is 1. The third-order valence-electron chi connectivity index (χ3n) is 5.64. The molecule has 0 saturated heterocycles. The quantitative estimate of drug-likeness (QED) is 0.333. The summed E-state index contributed by atoms with van der Waals surface area (Å²) >= 11 is 0. The van der Waals surface area contributed by atoms with Crippen LogP contribution in [0.1, 0.15) is 51.3 Å². The van der Waals surface area contributed by atoms with Crippen LogP contribution in [0.2, 0.25) is 0 Å². The van der Waals surface area contributed by atoms with E-state index in [9.17, 15) is 4.79 Å². The summed E-state index contributed by atoms with van der Waals surface area (Å²) in [7, 11) is 3.93. The summed E-state index contributed by atoms with van der Waals surface area (Å²) in [6, 6.07) is 13.8. The SMILES string of the molecule is CCCCCCCC(=O)On1c(CN(C)C)nc2cc(-c3ccccc3-c3nn[nH]n3)ccc21. The van der Waals surface area contributed by atoms with Gasteiger partial charge in [0.1, 0.15) is 5.52 Å². The Morgan fingerprint density at radius 1 is 1.06 bits per heavy atom. The fourth-order valence-corrected chi connectivity index (χ4v) is 3.99. The maximum Gasteiger partial charge on any atom is 0.332 e. The molecule has 2 heterocycles. The first-order valence-corrected chi connectivity index (χ1v) is 11.8. The Labute approximate surface area is 199 Å². The van der Waals surface area contributed by atoms with Gasteiger partial charge in [-0.2, -0.15) is 9.94 Å². The summed E-state index contributed by atoms with van der Waals surface area (Å²) in [5, 5.41) is 14.5. The van der Waals surface area contributed by atoms with Crippen molar-refractivity contribution < 1.29 is 9.63 Å². The van der Waals surface area contributed by atoms with Crippen molar-refractivity contribution in [3.05, 3.63) is 48.3 Å². The highest BCUT2D eigenvalue weighted by molar-refractivity contribution is 5.87. The minimum absolute atomic E-state index is 0.234. The van der Waals surface area contributed by atoms with Crippen LogP contribution >= 0.6 is 0 Å². The lowest BCUT2D eigenvalue weighted by Crippen LogP contribution is -2.24. The van der Waals surface area contributed by atoms with Gasteiger partial charge in [0, 0.05) is 12.0 Å². The molecule has 1 N–H and O–H groups in total. The Morgan fingerprint density at radius 2 is 1.85 bits per heavy atom. The van der Waals surface area contributed by atoms with E-state index in [1.165, 1.54) is 12.8 Å². The van der Waals surface area contributed by atoms with E-state index in [-0.39, 0.29) is 5.97 Å². The number of unbranched alkanes of at least 4 members (excludes halogenated alkanes) is 4. The van der Waals surface area contributed by atoms with Gasteiger partial charge in [0.25, 0.3) is 0 Å². The van der Waals surface area contributed by atoms with Gasteiger partial charge >= 0.3 is 5.97 Å². The van der Waals surface area contributed by atoms with Crippen molar-refractivity contribution in [1.82, 2.24) is 35.2 Å². The fourth-order valence-electron chi connectivity index (χ4n) is 3.99. The molecule has 178 valence electrons. The average Bonchev–Trinajstić information content (AvgIpc) is 3.47. The number of aromatic nitrogens is 6. The molecule has 2 aromatic carbocycles. The highest BCUT2D eigenvalue weighted by Crippen LogP contribution is 2.31. The number of aromatic amines is 1. The normalized spacial score (nSPS) is 11.4. The van der Waals surface area contributed by atoms with Gasteiger partial charge in [0.05, 0.1) is 12.1 Å². The summed E-state index contributed by atoms with van der Waals surface area (Å²) in [5.74, 6) is 0.979. The monoisotopic (exact) mass is 461 g/mol. The predicted octanol–water partition coefficient (Wildman–Crippen LogP) is 4.26. The summed E-state index contributed by atoms with van der Waals surface area (Å²) in [5.41, 5.74) is 4.33. The Morgan fingerprint density at radius 3 is 2.59 bits per heavy atom. The van der Waals surface area contributed by atoms with Crippen LogP contribution in [0.25, 0.3) is 33.5 Å². The maximum absolute atomic E-state index is 12.6. The Hall–Kier alpha value is -3.59. The molecule has 9 heteroatoms. The lowest BCUT2D eigenvalue weighted by Gasteiger charge is -2.12.